The number of aliphatic carboxylic acids is 1. The van der Waals surface area contributed by atoms with Gasteiger partial charge in [-0.15, -0.1) is 0 Å². The van der Waals surface area contributed by atoms with E-state index in [9.17, 15) is 22.8 Å². The van der Waals surface area contributed by atoms with Crippen LogP contribution >= 0.6 is 0 Å². The molecule has 2 N–H and O–H groups in total. The zero-order valence-corrected chi connectivity index (χ0v) is 13.9. The zero-order valence-electron chi connectivity index (χ0n) is 13.9. The molecule has 0 aliphatic heterocycles. The second-order valence-corrected chi connectivity index (χ2v) is 6.47. The number of rotatable bonds is 6. The van der Waals surface area contributed by atoms with Crippen LogP contribution in [0.2, 0.25) is 0 Å². The summed E-state index contributed by atoms with van der Waals surface area (Å²) in [5.74, 6) is -1.25. The Hall–Kier alpha value is -2.05. The van der Waals surface area contributed by atoms with Crippen LogP contribution in [-0.2, 0) is 21.2 Å². The third-order valence-electron chi connectivity index (χ3n) is 4.74. The van der Waals surface area contributed by atoms with Gasteiger partial charge >= 0.3 is 12.1 Å². The van der Waals surface area contributed by atoms with Crippen LogP contribution in [0, 0.1) is 0 Å². The zero-order chi connectivity index (χ0) is 18.5. The third-order valence-corrected chi connectivity index (χ3v) is 4.74. The molecule has 0 radical (unpaired) electrons. The van der Waals surface area contributed by atoms with Crippen molar-refractivity contribution >= 4 is 11.9 Å². The standard InChI is InChI=1S/C18H22F3NO3/c19-18(20,21)14-7-4-6-13(12-14)17(9-2-1-3-10-17)16(25)22-11-5-8-15(23)24/h4,6-7,12H,1-3,5,8-11H2,(H,22,25)(H,23,24). The van der Waals surface area contributed by atoms with Crippen molar-refractivity contribution in [3.05, 3.63) is 35.4 Å². The summed E-state index contributed by atoms with van der Waals surface area (Å²) in [5, 5.41) is 11.4. The van der Waals surface area contributed by atoms with E-state index in [0.29, 0.717) is 24.8 Å². The van der Waals surface area contributed by atoms with E-state index in [4.69, 9.17) is 5.11 Å². The van der Waals surface area contributed by atoms with Crippen LogP contribution in [0.4, 0.5) is 13.2 Å². The highest BCUT2D eigenvalue weighted by atomic mass is 19.4. The van der Waals surface area contributed by atoms with Crippen molar-refractivity contribution in [2.45, 2.75) is 56.5 Å². The summed E-state index contributed by atoms with van der Waals surface area (Å²) in [7, 11) is 0. The van der Waals surface area contributed by atoms with Crippen molar-refractivity contribution in [1.82, 2.24) is 5.32 Å². The monoisotopic (exact) mass is 357 g/mol. The highest BCUT2D eigenvalue weighted by molar-refractivity contribution is 5.88. The van der Waals surface area contributed by atoms with Gasteiger partial charge in [-0.3, -0.25) is 9.59 Å². The largest absolute Gasteiger partial charge is 0.481 e. The quantitative estimate of drug-likeness (QED) is 0.759. The Morgan fingerprint density at radius 2 is 1.84 bits per heavy atom. The molecular formula is C18H22F3NO3. The van der Waals surface area contributed by atoms with Gasteiger partial charge in [-0.25, -0.2) is 0 Å². The molecule has 7 heteroatoms. The maximum atomic E-state index is 13.0. The Bertz CT molecular complexity index is 622. The normalized spacial score (nSPS) is 17.1. The Morgan fingerprint density at radius 3 is 2.44 bits per heavy atom. The molecule has 1 aliphatic carbocycles. The molecule has 0 bridgehead atoms. The molecule has 0 atom stereocenters. The topological polar surface area (TPSA) is 66.4 Å². The Morgan fingerprint density at radius 1 is 1.16 bits per heavy atom. The van der Waals surface area contributed by atoms with Gasteiger partial charge in [0.25, 0.3) is 0 Å². The number of benzene rings is 1. The predicted octanol–water partition coefficient (Wildman–Crippen LogP) is 3.89. The highest BCUT2D eigenvalue weighted by Gasteiger charge is 2.42. The minimum atomic E-state index is -4.45. The van der Waals surface area contributed by atoms with E-state index in [0.717, 1.165) is 31.4 Å². The van der Waals surface area contributed by atoms with E-state index in [1.807, 2.05) is 0 Å². The second kappa shape index (κ2) is 7.89. The van der Waals surface area contributed by atoms with Crippen molar-refractivity contribution in [3.63, 3.8) is 0 Å². The smallest absolute Gasteiger partial charge is 0.416 e. The van der Waals surface area contributed by atoms with Crippen molar-refractivity contribution in [1.29, 1.82) is 0 Å². The number of alkyl halides is 3. The SMILES string of the molecule is O=C(O)CCCNC(=O)C1(c2cccc(C(F)(F)F)c2)CCCCC1. The molecule has 2 rings (SSSR count). The number of nitrogens with one attached hydrogen (secondary N) is 1. The first-order valence-corrected chi connectivity index (χ1v) is 8.43. The Kier molecular flexibility index (Phi) is 6.08. The first kappa shape index (κ1) is 19.3. The van der Waals surface area contributed by atoms with Crippen molar-refractivity contribution < 1.29 is 27.9 Å². The lowest BCUT2D eigenvalue weighted by Crippen LogP contribution is -2.46. The average Bonchev–Trinajstić information content (AvgIpc) is 2.58. The van der Waals surface area contributed by atoms with Crippen molar-refractivity contribution in [2.75, 3.05) is 6.54 Å². The second-order valence-electron chi connectivity index (χ2n) is 6.47. The fourth-order valence-corrected chi connectivity index (χ4v) is 3.41. The summed E-state index contributed by atoms with van der Waals surface area (Å²) in [4.78, 5) is 23.3. The minimum Gasteiger partial charge on any atom is -0.481 e. The first-order chi connectivity index (χ1) is 11.8. The van der Waals surface area contributed by atoms with Crippen molar-refractivity contribution in [3.8, 4) is 0 Å². The lowest BCUT2D eigenvalue weighted by Gasteiger charge is -2.36. The van der Waals surface area contributed by atoms with E-state index in [1.165, 1.54) is 6.07 Å². The molecule has 0 unspecified atom stereocenters. The van der Waals surface area contributed by atoms with Crippen LogP contribution in [0.1, 0.15) is 56.1 Å². The molecule has 0 saturated heterocycles. The number of hydrogen-bond donors (Lipinski definition) is 2. The molecular weight excluding hydrogens is 335 g/mol. The van der Waals surface area contributed by atoms with Gasteiger partial charge in [-0.2, -0.15) is 13.2 Å². The number of hydrogen-bond acceptors (Lipinski definition) is 2. The lowest BCUT2D eigenvalue weighted by atomic mass is 9.68. The van der Waals surface area contributed by atoms with Gasteiger partial charge in [-0.05, 0) is 30.9 Å². The molecule has 0 spiro atoms. The van der Waals surface area contributed by atoms with Gasteiger partial charge < -0.3 is 10.4 Å². The van der Waals surface area contributed by atoms with Crippen LogP contribution in [-0.4, -0.2) is 23.5 Å². The lowest BCUT2D eigenvalue weighted by molar-refractivity contribution is -0.138. The van der Waals surface area contributed by atoms with Gasteiger partial charge in [0.2, 0.25) is 5.91 Å². The van der Waals surface area contributed by atoms with Gasteiger partial charge in [0.05, 0.1) is 11.0 Å². The van der Waals surface area contributed by atoms with E-state index < -0.39 is 23.1 Å². The van der Waals surface area contributed by atoms with Crippen LogP contribution < -0.4 is 5.32 Å². The number of carbonyl (C=O) groups is 2. The van der Waals surface area contributed by atoms with E-state index in [2.05, 4.69) is 5.32 Å². The molecule has 1 fully saturated rings. The molecule has 0 aromatic heterocycles. The number of halogens is 3. The molecule has 4 nitrogen and oxygen atoms in total. The van der Waals surface area contributed by atoms with E-state index in [1.54, 1.807) is 6.07 Å². The molecule has 138 valence electrons. The van der Waals surface area contributed by atoms with Gasteiger partial charge in [0.1, 0.15) is 0 Å². The molecule has 0 heterocycles. The molecule has 1 aliphatic rings. The van der Waals surface area contributed by atoms with Crippen LogP contribution in [0.3, 0.4) is 0 Å². The molecule has 1 saturated carbocycles. The summed E-state index contributed by atoms with van der Waals surface area (Å²) < 4.78 is 39.1. The van der Waals surface area contributed by atoms with Gasteiger partial charge in [0.15, 0.2) is 0 Å². The Balaban J connectivity index is 2.22. The fraction of sp³-hybridized carbons (Fsp3) is 0.556. The molecule has 1 amide bonds. The first-order valence-electron chi connectivity index (χ1n) is 8.43. The number of carbonyl (C=O) groups excluding carboxylic acids is 1. The molecule has 25 heavy (non-hydrogen) atoms. The van der Waals surface area contributed by atoms with Crippen molar-refractivity contribution in [2.24, 2.45) is 0 Å². The number of carboxylic acids is 1. The summed E-state index contributed by atoms with van der Waals surface area (Å²) in [6.07, 6.45) is -0.719. The maximum absolute atomic E-state index is 13.0. The maximum Gasteiger partial charge on any atom is 0.416 e. The molecule has 1 aromatic carbocycles. The Labute approximate surface area is 144 Å². The summed E-state index contributed by atoms with van der Waals surface area (Å²) in [5.41, 5.74) is -1.34. The molecule has 1 aromatic rings. The third kappa shape index (κ3) is 4.74. The minimum absolute atomic E-state index is 0.0587. The summed E-state index contributed by atoms with van der Waals surface area (Å²) >= 11 is 0. The van der Waals surface area contributed by atoms with E-state index >= 15 is 0 Å². The fourth-order valence-electron chi connectivity index (χ4n) is 3.41. The summed E-state index contributed by atoms with van der Waals surface area (Å²) in [6.45, 7) is 0.200. The summed E-state index contributed by atoms with van der Waals surface area (Å²) in [6, 6.07) is 5.00. The van der Waals surface area contributed by atoms with Crippen LogP contribution in [0.15, 0.2) is 24.3 Å². The van der Waals surface area contributed by atoms with Crippen LogP contribution in [0.25, 0.3) is 0 Å². The average molecular weight is 357 g/mol. The van der Waals surface area contributed by atoms with E-state index in [-0.39, 0.29) is 18.9 Å². The van der Waals surface area contributed by atoms with Crippen LogP contribution in [0.5, 0.6) is 0 Å². The number of amides is 1. The van der Waals surface area contributed by atoms with Gasteiger partial charge in [0, 0.05) is 13.0 Å². The number of carboxylic acid groups (broad SMARTS) is 1. The predicted molar refractivity (Wildman–Crippen MR) is 86.1 cm³/mol. The highest BCUT2D eigenvalue weighted by Crippen LogP contribution is 2.41. The van der Waals surface area contributed by atoms with Gasteiger partial charge in [-0.1, -0.05) is 37.5 Å².